The maximum atomic E-state index is 14.2. The van der Waals surface area contributed by atoms with Crippen LogP contribution in [0, 0.1) is 0 Å². The van der Waals surface area contributed by atoms with Crippen LogP contribution in [-0.2, 0) is 9.53 Å². The van der Waals surface area contributed by atoms with Crippen LogP contribution >= 0.6 is 0 Å². The molecule has 0 radical (unpaired) electrons. The molecule has 2 nitrogen and oxygen atoms in total. The Labute approximate surface area is 131 Å². The quantitative estimate of drug-likeness (QED) is 0.563. The van der Waals surface area contributed by atoms with Gasteiger partial charge in [-0.3, -0.25) is 9.53 Å². The molecule has 4 fully saturated rings. The molecule has 16 heteroatoms. The third-order valence-corrected chi connectivity index (χ3v) is 4.67. The predicted octanol–water partition coefficient (Wildman–Crippen LogP) is 3.54. The zero-order valence-corrected chi connectivity index (χ0v) is 11.1. The minimum absolute atomic E-state index is 2.21. The van der Waals surface area contributed by atoms with Gasteiger partial charge < -0.3 is 0 Å². The van der Waals surface area contributed by atoms with Crippen molar-refractivity contribution in [3.05, 3.63) is 0 Å². The van der Waals surface area contributed by atoms with E-state index in [0.29, 0.717) is 0 Å². The van der Waals surface area contributed by atoms with Gasteiger partial charge in [-0.1, -0.05) is 0 Å². The van der Waals surface area contributed by atoms with Gasteiger partial charge in [0, 0.05) is 0 Å². The van der Waals surface area contributed by atoms with Crippen LogP contribution in [0.4, 0.5) is 61.5 Å². The Hall–Kier alpha value is -1.35. The van der Waals surface area contributed by atoms with Gasteiger partial charge >= 0.3 is 52.7 Å². The van der Waals surface area contributed by atoms with Crippen LogP contribution in [0.2, 0.25) is 0 Å². The lowest BCUT2D eigenvalue weighted by molar-refractivity contribution is -0.566. The summed E-state index contributed by atoms with van der Waals surface area (Å²) in [6.07, 6.45) is 0. The van der Waals surface area contributed by atoms with Crippen molar-refractivity contribution in [2.75, 3.05) is 0 Å². The summed E-state index contributed by atoms with van der Waals surface area (Å²) in [6.45, 7) is 0. The number of carbonyl (C=O) groups excluding carboxylic acids is 1. The number of hydrogen-bond acceptors (Lipinski definition) is 2. The highest BCUT2D eigenvalue weighted by molar-refractivity contribution is 5.97. The molecule has 0 unspecified atom stereocenters. The second-order valence-electron chi connectivity index (χ2n) is 5.81. The lowest BCUT2D eigenvalue weighted by Gasteiger charge is -2.60. The molecular weight excluding hydrogens is 418 g/mol. The van der Waals surface area contributed by atoms with Crippen molar-refractivity contribution < 1.29 is 71.0 Å². The summed E-state index contributed by atoms with van der Waals surface area (Å²) in [6, 6.07) is 0. The van der Waals surface area contributed by atoms with E-state index in [2.05, 4.69) is 4.74 Å². The largest absolute Gasteiger partial charge is 0.359 e. The van der Waals surface area contributed by atoms with Crippen molar-refractivity contribution in [3.8, 4) is 0 Å². The summed E-state index contributed by atoms with van der Waals surface area (Å²) in [5, 5.41) is 0. The molecule has 4 rings (SSSR count). The first-order valence-corrected chi connectivity index (χ1v) is 6.01. The fourth-order valence-electron chi connectivity index (χ4n) is 3.22. The van der Waals surface area contributed by atoms with Gasteiger partial charge in [-0.15, -0.1) is 0 Å². The summed E-state index contributed by atoms with van der Waals surface area (Å²) in [5.74, 6) is -56.3. The van der Waals surface area contributed by atoms with Crippen LogP contribution < -0.4 is 0 Å². The first-order chi connectivity index (χ1) is 11.1. The van der Waals surface area contributed by atoms with Gasteiger partial charge in [-0.25, -0.2) is 8.78 Å². The van der Waals surface area contributed by atoms with Gasteiger partial charge in [-0.2, -0.15) is 52.7 Å². The van der Waals surface area contributed by atoms with Gasteiger partial charge in [-0.05, 0) is 0 Å². The van der Waals surface area contributed by atoms with Crippen molar-refractivity contribution >= 4 is 5.78 Å². The Balaban J connectivity index is 2.68. The molecule has 4 bridgehead atoms. The van der Waals surface area contributed by atoms with Crippen LogP contribution in [0.3, 0.4) is 0 Å². The second kappa shape index (κ2) is 3.78. The third kappa shape index (κ3) is 1.11. The summed E-state index contributed by atoms with van der Waals surface area (Å²) < 4.78 is 196. The van der Waals surface area contributed by atoms with E-state index in [-0.39, 0.29) is 0 Å². The van der Waals surface area contributed by atoms with E-state index in [1.54, 1.807) is 0 Å². The number of rotatable bonds is 0. The summed E-state index contributed by atoms with van der Waals surface area (Å²) in [5.41, 5.74) is -15.4. The Morgan fingerprint density at radius 3 is 1.35 bits per heavy atom. The number of Topliss-reactive ketones (excluding diaryl/α,β-unsaturated/α-hetero) is 1. The molecule has 0 aromatic carbocycles. The van der Waals surface area contributed by atoms with Crippen LogP contribution in [-0.4, -0.2) is 58.4 Å². The van der Waals surface area contributed by atoms with Crippen molar-refractivity contribution in [2.45, 2.75) is 52.7 Å². The molecule has 4 atom stereocenters. The van der Waals surface area contributed by atoms with Crippen LogP contribution in [0.1, 0.15) is 0 Å². The lowest BCUT2D eigenvalue weighted by atomic mass is 9.62. The van der Waals surface area contributed by atoms with Gasteiger partial charge in [0.2, 0.25) is 0 Å². The molecule has 2 aliphatic heterocycles. The summed E-state index contributed by atoms with van der Waals surface area (Å²) >= 11 is 0. The maximum absolute atomic E-state index is 14.2. The number of alkyl halides is 14. The fourth-order valence-corrected chi connectivity index (χ4v) is 3.22. The molecule has 2 heterocycles. The number of halogens is 14. The van der Waals surface area contributed by atoms with E-state index in [1.807, 2.05) is 0 Å². The SMILES string of the molecule is O=C1C(F)(F)[C@@]2(F)C(F)(F)[C@@]3(F)O[C@]1(F)C(F)(F)[C@](F)(C3(F)F)C2(F)F. The van der Waals surface area contributed by atoms with E-state index in [4.69, 9.17) is 0 Å². The highest BCUT2D eigenvalue weighted by Crippen LogP contribution is 2.81. The van der Waals surface area contributed by atoms with E-state index < -0.39 is 58.4 Å². The molecule has 0 aromatic rings. The van der Waals surface area contributed by atoms with Crippen molar-refractivity contribution in [2.24, 2.45) is 0 Å². The van der Waals surface area contributed by atoms with Crippen molar-refractivity contribution in [3.63, 3.8) is 0 Å². The summed E-state index contributed by atoms with van der Waals surface area (Å²) in [7, 11) is 0. The standard InChI is InChI=1S/C10F14O2/c11-2(12)1(25)3(13)6(16,17)5(15)7(18,19)4(2,14)8(20,21)10(24,26-3)9(5,22)23/t3-,4-,5+,10+/m0/s1. The van der Waals surface area contributed by atoms with Crippen LogP contribution in [0.25, 0.3) is 0 Å². The Bertz CT molecular complexity index is 733. The molecule has 0 spiro atoms. The van der Waals surface area contributed by atoms with Crippen LogP contribution in [0.15, 0.2) is 0 Å². The minimum Gasteiger partial charge on any atom is -0.287 e. The average molecular weight is 418 g/mol. The molecule has 2 aliphatic carbocycles. The Kier molecular flexibility index (Phi) is 2.82. The average Bonchev–Trinajstić information content (AvgIpc) is 2.50. The normalized spacial score (nSPS) is 52.0. The molecule has 2 saturated carbocycles. The van der Waals surface area contributed by atoms with Crippen molar-refractivity contribution in [1.29, 1.82) is 0 Å². The lowest BCUT2D eigenvalue weighted by Crippen LogP contribution is -2.94. The second-order valence-corrected chi connectivity index (χ2v) is 5.81. The van der Waals surface area contributed by atoms with E-state index in [0.717, 1.165) is 0 Å². The molecule has 0 N–H and O–H groups in total. The van der Waals surface area contributed by atoms with Crippen molar-refractivity contribution in [1.82, 2.24) is 0 Å². The number of hydrogen-bond donors (Lipinski definition) is 0. The minimum atomic E-state index is -7.89. The number of carbonyl (C=O) groups is 1. The fraction of sp³-hybridized carbons (Fsp3) is 0.900. The highest BCUT2D eigenvalue weighted by atomic mass is 19.3. The molecule has 26 heavy (non-hydrogen) atoms. The molecule has 4 aliphatic rings. The van der Waals surface area contributed by atoms with E-state index >= 15 is 0 Å². The number of ketones is 1. The molecule has 2 saturated heterocycles. The number of ether oxygens (including phenoxy) is 1. The van der Waals surface area contributed by atoms with Gasteiger partial charge in [0.15, 0.2) is 0 Å². The van der Waals surface area contributed by atoms with Gasteiger partial charge in [0.1, 0.15) is 0 Å². The monoisotopic (exact) mass is 418 g/mol. The Morgan fingerprint density at radius 1 is 0.538 bits per heavy atom. The smallest absolute Gasteiger partial charge is 0.287 e. The van der Waals surface area contributed by atoms with Gasteiger partial charge in [0.05, 0.1) is 0 Å². The maximum Gasteiger partial charge on any atom is 0.359 e. The van der Waals surface area contributed by atoms with Gasteiger partial charge in [0.25, 0.3) is 5.78 Å². The van der Waals surface area contributed by atoms with E-state index in [1.165, 1.54) is 0 Å². The molecular formula is C10F14O2. The van der Waals surface area contributed by atoms with E-state index in [9.17, 15) is 66.3 Å². The molecule has 150 valence electrons. The zero-order chi connectivity index (χ0) is 20.8. The zero-order valence-electron chi connectivity index (χ0n) is 11.1. The van der Waals surface area contributed by atoms with Crippen LogP contribution in [0.5, 0.6) is 0 Å². The number of fused-ring (bicyclic) bond motifs is 1. The molecule has 0 amide bonds. The first-order valence-electron chi connectivity index (χ1n) is 6.01. The first kappa shape index (κ1) is 19.4. The molecule has 0 aromatic heterocycles. The summed E-state index contributed by atoms with van der Waals surface area (Å²) in [4.78, 5) is 11.1. The third-order valence-electron chi connectivity index (χ3n) is 4.67. The highest BCUT2D eigenvalue weighted by Gasteiger charge is 3.15. The topological polar surface area (TPSA) is 26.3 Å². The Morgan fingerprint density at radius 2 is 0.923 bits per heavy atom. The predicted molar refractivity (Wildman–Crippen MR) is 46.2 cm³/mol.